The van der Waals surface area contributed by atoms with Crippen LogP contribution in [0.1, 0.15) is 25.2 Å². The number of aromatic nitrogens is 2. The molecule has 0 fully saturated rings. The Labute approximate surface area is 186 Å². The largest absolute Gasteiger partial charge is 0.486 e. The van der Waals surface area contributed by atoms with Crippen molar-refractivity contribution in [2.24, 2.45) is 0 Å². The van der Waals surface area contributed by atoms with Crippen molar-refractivity contribution in [3.63, 3.8) is 0 Å². The Morgan fingerprint density at radius 1 is 1.09 bits per heavy atom. The topological polar surface area (TPSA) is 94.6 Å². The molecule has 4 aromatic rings. The van der Waals surface area contributed by atoms with Crippen LogP contribution in [0.2, 0.25) is 0 Å². The number of benzene rings is 2. The molecule has 0 amide bonds. The summed E-state index contributed by atoms with van der Waals surface area (Å²) in [6.07, 6.45) is 0.731. The van der Waals surface area contributed by atoms with E-state index in [1.54, 1.807) is 24.3 Å². The quantitative estimate of drug-likeness (QED) is 0.396. The van der Waals surface area contributed by atoms with Gasteiger partial charge in [0.2, 0.25) is 10.0 Å². The van der Waals surface area contributed by atoms with Gasteiger partial charge in [-0.2, -0.15) is 0 Å². The second-order valence-corrected chi connectivity index (χ2v) is 9.75. The van der Waals surface area contributed by atoms with Crippen LogP contribution in [0.4, 0.5) is 0 Å². The van der Waals surface area contributed by atoms with Crippen molar-refractivity contribution in [3.05, 3.63) is 64.3 Å². The molecule has 2 aromatic carbocycles. The molecule has 2 aromatic heterocycles. The summed E-state index contributed by atoms with van der Waals surface area (Å²) in [4.78, 5) is 16.6. The molecule has 4 rings (SSSR count). The number of fused-ring (bicyclic) bond motifs is 2. The van der Waals surface area contributed by atoms with Crippen molar-refractivity contribution in [1.29, 1.82) is 0 Å². The Hall–Kier alpha value is -3.17. The maximum absolute atomic E-state index is 12.5. The molecule has 0 saturated heterocycles. The van der Waals surface area contributed by atoms with Crippen LogP contribution in [0, 0.1) is 0 Å². The lowest BCUT2D eigenvalue weighted by Crippen LogP contribution is -2.22. The van der Waals surface area contributed by atoms with Crippen LogP contribution in [0.25, 0.3) is 22.0 Å². The van der Waals surface area contributed by atoms with Gasteiger partial charge in [-0.1, -0.05) is 6.92 Å². The molecule has 0 bridgehead atoms. The molecule has 0 N–H and O–H groups in total. The van der Waals surface area contributed by atoms with E-state index in [0.29, 0.717) is 29.2 Å². The van der Waals surface area contributed by atoms with E-state index < -0.39 is 10.0 Å². The summed E-state index contributed by atoms with van der Waals surface area (Å²) in [5.74, 6) is 1.23. The minimum absolute atomic E-state index is 0.182. The molecule has 8 nitrogen and oxygen atoms in total. The Morgan fingerprint density at radius 3 is 2.56 bits per heavy atom. The summed E-state index contributed by atoms with van der Waals surface area (Å²) in [7, 11) is -0.550. The predicted octanol–water partition coefficient (Wildman–Crippen LogP) is 3.55. The summed E-state index contributed by atoms with van der Waals surface area (Å²) < 4.78 is 39.4. The summed E-state index contributed by atoms with van der Waals surface area (Å²) in [6, 6.07) is 11.9. The second-order valence-electron chi connectivity index (χ2n) is 7.60. The number of ether oxygens (including phenoxy) is 1. The first kappa shape index (κ1) is 22.0. The van der Waals surface area contributed by atoms with E-state index >= 15 is 0 Å². The third-order valence-electron chi connectivity index (χ3n) is 5.44. The van der Waals surface area contributed by atoms with Gasteiger partial charge in [-0.25, -0.2) is 22.5 Å². The van der Waals surface area contributed by atoms with Crippen molar-refractivity contribution in [3.8, 4) is 5.75 Å². The molecule has 0 aliphatic heterocycles. The van der Waals surface area contributed by atoms with Crippen LogP contribution in [0.5, 0.6) is 5.75 Å². The summed E-state index contributed by atoms with van der Waals surface area (Å²) in [5, 5.41) is 0.884. The van der Waals surface area contributed by atoms with Crippen LogP contribution in [0.15, 0.2) is 56.6 Å². The fraction of sp³-hybridized carbons (Fsp3) is 0.304. The predicted molar refractivity (Wildman–Crippen MR) is 122 cm³/mol. The molecular formula is C23H25N3O5S. The molecule has 9 heteroatoms. The number of nitrogens with zero attached hydrogens (tertiary/aromatic N) is 3. The highest BCUT2D eigenvalue weighted by molar-refractivity contribution is 7.89. The highest BCUT2D eigenvalue weighted by Gasteiger charge is 2.19. The molecule has 0 saturated carbocycles. The van der Waals surface area contributed by atoms with Crippen molar-refractivity contribution < 1.29 is 17.6 Å². The number of rotatable bonds is 7. The number of hydrogen-bond donors (Lipinski definition) is 0. The SMILES string of the molecule is CCc1cc(=O)oc2cc(OCc3nc4cc(S(=O)(=O)N(C)C)ccc4n3CC)ccc12. The zero-order chi connectivity index (χ0) is 23.0. The third kappa shape index (κ3) is 3.89. The van der Waals surface area contributed by atoms with Gasteiger partial charge in [-0.05, 0) is 49.2 Å². The maximum atomic E-state index is 12.5. The van der Waals surface area contributed by atoms with E-state index in [1.165, 1.54) is 24.5 Å². The van der Waals surface area contributed by atoms with E-state index in [4.69, 9.17) is 9.15 Å². The lowest BCUT2D eigenvalue weighted by molar-refractivity contribution is 0.290. The number of hydrogen-bond acceptors (Lipinski definition) is 6. The third-order valence-corrected chi connectivity index (χ3v) is 7.26. The molecule has 0 unspecified atom stereocenters. The van der Waals surface area contributed by atoms with Crippen LogP contribution in [-0.4, -0.2) is 36.4 Å². The second kappa shape index (κ2) is 8.40. The fourth-order valence-electron chi connectivity index (χ4n) is 3.73. The zero-order valence-corrected chi connectivity index (χ0v) is 19.3. The molecule has 0 radical (unpaired) electrons. The van der Waals surface area contributed by atoms with Gasteiger partial charge in [0.05, 0.1) is 15.9 Å². The summed E-state index contributed by atoms with van der Waals surface area (Å²) in [5.41, 5.74) is 2.45. The minimum Gasteiger partial charge on any atom is -0.486 e. The Balaban J connectivity index is 1.66. The number of imidazole rings is 1. The Morgan fingerprint density at radius 2 is 1.88 bits per heavy atom. The lowest BCUT2D eigenvalue weighted by Gasteiger charge is -2.11. The Bertz CT molecular complexity index is 1470. The van der Waals surface area contributed by atoms with Gasteiger partial charge in [0.15, 0.2) is 0 Å². The molecule has 0 atom stereocenters. The first-order valence-corrected chi connectivity index (χ1v) is 11.8. The highest BCUT2D eigenvalue weighted by Crippen LogP contribution is 2.25. The molecule has 0 aliphatic rings. The van der Waals surface area contributed by atoms with Gasteiger partial charge in [-0.15, -0.1) is 0 Å². The number of aryl methyl sites for hydroxylation is 2. The minimum atomic E-state index is -3.55. The van der Waals surface area contributed by atoms with Crippen LogP contribution >= 0.6 is 0 Å². The fourth-order valence-corrected chi connectivity index (χ4v) is 4.66. The van der Waals surface area contributed by atoms with E-state index in [-0.39, 0.29) is 17.1 Å². The molecule has 168 valence electrons. The molecule has 0 spiro atoms. The van der Waals surface area contributed by atoms with E-state index in [1.807, 2.05) is 30.5 Å². The van der Waals surface area contributed by atoms with Crippen molar-refractivity contribution in [2.45, 2.75) is 38.3 Å². The van der Waals surface area contributed by atoms with E-state index in [9.17, 15) is 13.2 Å². The van der Waals surface area contributed by atoms with Crippen LogP contribution in [0.3, 0.4) is 0 Å². The zero-order valence-electron chi connectivity index (χ0n) is 18.5. The average molecular weight is 456 g/mol. The summed E-state index contributed by atoms with van der Waals surface area (Å²) in [6.45, 7) is 4.82. The molecular weight excluding hydrogens is 430 g/mol. The van der Waals surface area contributed by atoms with Crippen LogP contribution < -0.4 is 10.4 Å². The number of sulfonamides is 1. The highest BCUT2D eigenvalue weighted by atomic mass is 32.2. The van der Waals surface area contributed by atoms with Gasteiger partial charge in [0.1, 0.15) is 23.8 Å². The first-order valence-electron chi connectivity index (χ1n) is 10.4. The van der Waals surface area contributed by atoms with Gasteiger partial charge in [-0.3, -0.25) is 0 Å². The average Bonchev–Trinajstić information content (AvgIpc) is 3.13. The van der Waals surface area contributed by atoms with E-state index in [2.05, 4.69) is 4.98 Å². The van der Waals surface area contributed by atoms with Crippen molar-refractivity contribution in [1.82, 2.24) is 13.9 Å². The smallest absolute Gasteiger partial charge is 0.336 e. The molecule has 0 aliphatic carbocycles. The van der Waals surface area contributed by atoms with Gasteiger partial charge in [0.25, 0.3) is 0 Å². The van der Waals surface area contributed by atoms with Crippen molar-refractivity contribution in [2.75, 3.05) is 14.1 Å². The summed E-state index contributed by atoms with van der Waals surface area (Å²) >= 11 is 0. The van der Waals surface area contributed by atoms with E-state index in [0.717, 1.165) is 22.9 Å². The monoisotopic (exact) mass is 455 g/mol. The maximum Gasteiger partial charge on any atom is 0.336 e. The normalized spacial score (nSPS) is 12.2. The Kier molecular flexibility index (Phi) is 5.79. The van der Waals surface area contributed by atoms with Gasteiger partial charge >= 0.3 is 5.63 Å². The standard InChI is InChI=1S/C23H25N3O5S/c1-5-15-11-23(27)31-21-12-16(7-9-18(15)21)30-14-22-24-19-13-17(32(28,29)25(3)4)8-10-20(19)26(22)6-2/h7-13H,5-6,14H2,1-4H3. The van der Waals surface area contributed by atoms with Crippen molar-refractivity contribution >= 4 is 32.0 Å². The molecule has 2 heterocycles. The first-order chi connectivity index (χ1) is 15.2. The lowest BCUT2D eigenvalue weighted by atomic mass is 10.1. The van der Waals surface area contributed by atoms with Gasteiger partial charge in [0, 0.05) is 38.2 Å². The van der Waals surface area contributed by atoms with Gasteiger partial charge < -0.3 is 13.7 Å². The van der Waals surface area contributed by atoms with Crippen LogP contribution in [-0.2, 0) is 29.6 Å². The molecule has 32 heavy (non-hydrogen) atoms.